The Kier molecular flexibility index (Phi) is 3.67. The lowest BCUT2D eigenvalue weighted by molar-refractivity contribution is 0.0993. The number of furan rings is 1. The van der Waals surface area contributed by atoms with Crippen molar-refractivity contribution in [1.29, 1.82) is 0 Å². The molecule has 0 fully saturated rings. The van der Waals surface area contributed by atoms with E-state index >= 15 is 0 Å². The van der Waals surface area contributed by atoms with Gasteiger partial charge in [-0.3, -0.25) is 9.78 Å². The van der Waals surface area contributed by atoms with Crippen molar-refractivity contribution in [2.45, 2.75) is 33.6 Å². The molecule has 2 aromatic heterocycles. The highest BCUT2D eigenvalue weighted by atomic mass is 16.4. The summed E-state index contributed by atoms with van der Waals surface area (Å²) in [6, 6.07) is 3.50. The first-order chi connectivity index (χ1) is 10.9. The third kappa shape index (κ3) is 2.84. The van der Waals surface area contributed by atoms with Gasteiger partial charge in [0.2, 0.25) is 0 Å². The van der Waals surface area contributed by atoms with Crippen LogP contribution in [0.1, 0.15) is 47.7 Å². The number of carbonyl (C=O) groups excluding carboxylic acids is 1. The van der Waals surface area contributed by atoms with Crippen LogP contribution in [0.2, 0.25) is 0 Å². The molecule has 6 nitrogen and oxygen atoms in total. The SMILES string of the molecule is Cc1c(C(=O)Nc2cccnc2)oc2c1/C(=N\O)CC(C)(C)C2. The van der Waals surface area contributed by atoms with Crippen LogP contribution in [0.25, 0.3) is 0 Å². The van der Waals surface area contributed by atoms with E-state index < -0.39 is 0 Å². The Hall–Kier alpha value is -2.63. The highest BCUT2D eigenvalue weighted by molar-refractivity contribution is 6.09. The smallest absolute Gasteiger partial charge is 0.291 e. The second kappa shape index (κ2) is 5.53. The molecule has 6 heteroatoms. The Morgan fingerprint density at radius 2 is 2.22 bits per heavy atom. The summed E-state index contributed by atoms with van der Waals surface area (Å²) in [7, 11) is 0. The van der Waals surface area contributed by atoms with Crippen molar-refractivity contribution in [3.8, 4) is 0 Å². The van der Waals surface area contributed by atoms with E-state index in [2.05, 4.69) is 29.3 Å². The summed E-state index contributed by atoms with van der Waals surface area (Å²) in [6.45, 7) is 5.96. The van der Waals surface area contributed by atoms with Gasteiger partial charge in [-0.15, -0.1) is 0 Å². The largest absolute Gasteiger partial charge is 0.455 e. The van der Waals surface area contributed by atoms with Crippen LogP contribution in [0.5, 0.6) is 0 Å². The predicted molar refractivity (Wildman–Crippen MR) is 86.1 cm³/mol. The maximum absolute atomic E-state index is 12.5. The molecule has 0 aromatic carbocycles. The van der Waals surface area contributed by atoms with Crippen LogP contribution in [0.3, 0.4) is 0 Å². The first-order valence-electron chi connectivity index (χ1n) is 7.46. The van der Waals surface area contributed by atoms with E-state index in [-0.39, 0.29) is 17.1 Å². The summed E-state index contributed by atoms with van der Waals surface area (Å²) in [6.07, 6.45) is 4.54. The average molecular weight is 313 g/mol. The minimum absolute atomic E-state index is 0.0735. The summed E-state index contributed by atoms with van der Waals surface area (Å²) in [5.74, 6) is 0.612. The van der Waals surface area contributed by atoms with Gasteiger partial charge in [0.15, 0.2) is 5.76 Å². The standard InChI is InChI=1S/C17H19N3O3/c1-10-14-12(20-22)7-17(2,3)8-13(14)23-15(10)16(21)19-11-5-4-6-18-9-11/h4-6,9,22H,7-8H2,1-3H3,(H,19,21)/b20-12-. The number of pyridine rings is 1. The minimum atomic E-state index is -0.333. The van der Waals surface area contributed by atoms with E-state index in [1.165, 1.54) is 0 Å². The number of rotatable bonds is 2. The van der Waals surface area contributed by atoms with Crippen LogP contribution in [0.15, 0.2) is 34.1 Å². The summed E-state index contributed by atoms with van der Waals surface area (Å²) >= 11 is 0. The lowest BCUT2D eigenvalue weighted by atomic mass is 9.75. The van der Waals surface area contributed by atoms with Gasteiger partial charge >= 0.3 is 0 Å². The summed E-state index contributed by atoms with van der Waals surface area (Å²) in [5.41, 5.74) is 2.55. The van der Waals surface area contributed by atoms with Crippen LogP contribution < -0.4 is 5.32 Å². The Labute approximate surface area is 134 Å². The number of nitrogens with one attached hydrogen (secondary N) is 1. The molecule has 1 aliphatic rings. The van der Waals surface area contributed by atoms with Gasteiger partial charge in [-0.05, 0) is 30.9 Å². The van der Waals surface area contributed by atoms with Gasteiger partial charge in [-0.1, -0.05) is 19.0 Å². The van der Waals surface area contributed by atoms with Gasteiger partial charge in [0.1, 0.15) is 5.76 Å². The number of anilines is 1. The maximum atomic E-state index is 12.5. The van der Waals surface area contributed by atoms with E-state index in [0.717, 1.165) is 5.56 Å². The zero-order valence-electron chi connectivity index (χ0n) is 13.4. The molecular weight excluding hydrogens is 294 g/mol. The molecular formula is C17H19N3O3. The Morgan fingerprint density at radius 1 is 1.43 bits per heavy atom. The first kappa shape index (κ1) is 15.3. The monoisotopic (exact) mass is 313 g/mol. The van der Waals surface area contributed by atoms with Crippen LogP contribution in [0, 0.1) is 12.3 Å². The van der Waals surface area contributed by atoms with Gasteiger partial charge in [0.05, 0.1) is 17.6 Å². The molecule has 0 aliphatic heterocycles. The zero-order valence-corrected chi connectivity index (χ0v) is 13.4. The average Bonchev–Trinajstić information content (AvgIpc) is 2.83. The van der Waals surface area contributed by atoms with Gasteiger partial charge < -0.3 is 14.9 Å². The minimum Gasteiger partial charge on any atom is -0.455 e. The molecule has 0 radical (unpaired) electrons. The fourth-order valence-electron chi connectivity index (χ4n) is 3.04. The highest BCUT2D eigenvalue weighted by Gasteiger charge is 2.36. The van der Waals surface area contributed by atoms with Crippen molar-refractivity contribution in [1.82, 2.24) is 4.98 Å². The summed E-state index contributed by atoms with van der Waals surface area (Å²) in [4.78, 5) is 16.4. The van der Waals surface area contributed by atoms with E-state index in [4.69, 9.17) is 4.42 Å². The van der Waals surface area contributed by atoms with Crippen LogP contribution >= 0.6 is 0 Å². The lowest BCUT2D eigenvalue weighted by Gasteiger charge is -2.28. The van der Waals surface area contributed by atoms with Gasteiger partial charge in [0, 0.05) is 23.7 Å². The molecule has 120 valence electrons. The first-order valence-corrected chi connectivity index (χ1v) is 7.46. The van der Waals surface area contributed by atoms with Crippen LogP contribution in [-0.4, -0.2) is 21.8 Å². The fourth-order valence-corrected chi connectivity index (χ4v) is 3.04. The molecule has 0 saturated carbocycles. The molecule has 0 atom stereocenters. The normalized spacial score (nSPS) is 17.8. The van der Waals surface area contributed by atoms with Gasteiger partial charge in [-0.2, -0.15) is 0 Å². The number of amides is 1. The van der Waals surface area contributed by atoms with Crippen molar-refractivity contribution in [2.75, 3.05) is 5.32 Å². The third-order valence-electron chi connectivity index (χ3n) is 4.04. The van der Waals surface area contributed by atoms with Crippen LogP contribution in [-0.2, 0) is 6.42 Å². The maximum Gasteiger partial charge on any atom is 0.291 e. The van der Waals surface area contributed by atoms with Gasteiger partial charge in [-0.25, -0.2) is 0 Å². The number of nitrogens with zero attached hydrogens (tertiary/aromatic N) is 2. The molecule has 0 bridgehead atoms. The Morgan fingerprint density at radius 3 is 2.87 bits per heavy atom. The zero-order chi connectivity index (χ0) is 16.6. The number of hydrogen-bond donors (Lipinski definition) is 2. The molecule has 2 heterocycles. The number of hydrogen-bond acceptors (Lipinski definition) is 5. The van der Waals surface area contributed by atoms with E-state index in [0.29, 0.717) is 35.6 Å². The molecule has 0 unspecified atom stereocenters. The highest BCUT2D eigenvalue weighted by Crippen LogP contribution is 2.38. The molecule has 2 aromatic rings. The number of oxime groups is 1. The van der Waals surface area contributed by atoms with E-state index in [1.807, 2.05) is 6.92 Å². The molecule has 2 N–H and O–H groups in total. The molecule has 0 saturated heterocycles. The number of fused-ring (bicyclic) bond motifs is 1. The van der Waals surface area contributed by atoms with Crippen molar-refractivity contribution in [3.05, 3.63) is 47.2 Å². The molecule has 1 aliphatic carbocycles. The second-order valence-corrected chi connectivity index (χ2v) is 6.61. The molecule has 3 rings (SSSR count). The number of carbonyl (C=O) groups is 1. The third-order valence-corrected chi connectivity index (χ3v) is 4.04. The van der Waals surface area contributed by atoms with Crippen molar-refractivity contribution >= 4 is 17.3 Å². The second-order valence-electron chi connectivity index (χ2n) is 6.61. The van der Waals surface area contributed by atoms with Crippen molar-refractivity contribution < 1.29 is 14.4 Å². The Bertz CT molecular complexity index is 776. The lowest BCUT2D eigenvalue weighted by Crippen LogP contribution is -2.27. The van der Waals surface area contributed by atoms with Crippen molar-refractivity contribution in [2.24, 2.45) is 10.6 Å². The van der Waals surface area contributed by atoms with Crippen LogP contribution in [0.4, 0.5) is 5.69 Å². The molecule has 0 spiro atoms. The predicted octanol–water partition coefficient (Wildman–Crippen LogP) is 3.39. The van der Waals surface area contributed by atoms with Crippen molar-refractivity contribution in [3.63, 3.8) is 0 Å². The quantitative estimate of drug-likeness (QED) is 0.657. The molecule has 1 amide bonds. The molecule has 23 heavy (non-hydrogen) atoms. The van der Waals surface area contributed by atoms with E-state index in [9.17, 15) is 10.0 Å². The summed E-state index contributed by atoms with van der Waals surface area (Å²) < 4.78 is 5.81. The van der Waals surface area contributed by atoms with Gasteiger partial charge in [0.25, 0.3) is 5.91 Å². The number of aromatic nitrogens is 1. The fraction of sp³-hybridized carbons (Fsp3) is 0.353. The van der Waals surface area contributed by atoms with E-state index in [1.54, 1.807) is 24.5 Å². The topological polar surface area (TPSA) is 87.7 Å². The Balaban J connectivity index is 1.97. The summed E-state index contributed by atoms with van der Waals surface area (Å²) in [5, 5.41) is 15.5.